The van der Waals surface area contributed by atoms with Crippen LogP contribution in [0.1, 0.15) is 39.5 Å². The molecule has 1 rings (SSSR count). The van der Waals surface area contributed by atoms with Crippen LogP contribution < -0.4 is 5.32 Å². The van der Waals surface area contributed by atoms with Crippen molar-refractivity contribution in [3.63, 3.8) is 0 Å². The molecule has 0 spiro atoms. The molecule has 0 aromatic carbocycles. The molecule has 0 aromatic rings. The Morgan fingerprint density at radius 2 is 2.09 bits per heavy atom. The van der Waals surface area contributed by atoms with Crippen LogP contribution in [0.2, 0.25) is 0 Å². The van der Waals surface area contributed by atoms with E-state index in [-0.39, 0.29) is 0 Å². The quantitative estimate of drug-likeness (QED) is 0.645. The van der Waals surface area contributed by atoms with Gasteiger partial charge in [-0.3, -0.25) is 0 Å². The maximum absolute atomic E-state index is 3.38. The number of nitrogens with one attached hydrogen (secondary N) is 1. The van der Waals surface area contributed by atoms with E-state index in [0.29, 0.717) is 0 Å². The molecular weight excluding hydrogens is 134 g/mol. The molecule has 0 bridgehead atoms. The summed E-state index contributed by atoms with van der Waals surface area (Å²) < 4.78 is 0. The SMILES string of the molecule is CCC1CCC(NC)CC1C. The van der Waals surface area contributed by atoms with Gasteiger partial charge in [0, 0.05) is 6.04 Å². The summed E-state index contributed by atoms with van der Waals surface area (Å²) in [5.74, 6) is 1.94. The molecule has 0 aliphatic heterocycles. The lowest BCUT2D eigenvalue weighted by molar-refractivity contribution is 0.211. The van der Waals surface area contributed by atoms with Crippen LogP contribution in [0.3, 0.4) is 0 Å². The summed E-state index contributed by atoms with van der Waals surface area (Å²) in [6.45, 7) is 4.72. The number of hydrogen-bond acceptors (Lipinski definition) is 1. The van der Waals surface area contributed by atoms with Gasteiger partial charge in [-0.15, -0.1) is 0 Å². The smallest absolute Gasteiger partial charge is 0.00668 e. The molecule has 1 fully saturated rings. The second kappa shape index (κ2) is 4.10. The molecule has 3 unspecified atom stereocenters. The normalized spacial score (nSPS) is 39.0. The van der Waals surface area contributed by atoms with Crippen molar-refractivity contribution in [3.05, 3.63) is 0 Å². The van der Waals surface area contributed by atoms with Crippen molar-refractivity contribution in [1.29, 1.82) is 0 Å². The van der Waals surface area contributed by atoms with Crippen LogP contribution >= 0.6 is 0 Å². The molecule has 1 aliphatic rings. The van der Waals surface area contributed by atoms with E-state index in [9.17, 15) is 0 Å². The molecule has 1 heteroatoms. The average Bonchev–Trinajstić information content (AvgIpc) is 2.04. The average molecular weight is 155 g/mol. The summed E-state index contributed by atoms with van der Waals surface area (Å²) in [6, 6.07) is 0.799. The summed E-state index contributed by atoms with van der Waals surface area (Å²) in [7, 11) is 2.09. The van der Waals surface area contributed by atoms with Gasteiger partial charge in [-0.2, -0.15) is 0 Å². The second-order valence-electron chi connectivity index (χ2n) is 3.94. The minimum absolute atomic E-state index is 0.799. The molecule has 11 heavy (non-hydrogen) atoms. The largest absolute Gasteiger partial charge is 0.317 e. The lowest BCUT2D eigenvalue weighted by atomic mass is 9.77. The predicted octanol–water partition coefficient (Wildman–Crippen LogP) is 2.42. The zero-order chi connectivity index (χ0) is 8.27. The molecule has 1 N–H and O–H groups in total. The fraction of sp³-hybridized carbons (Fsp3) is 1.00. The minimum Gasteiger partial charge on any atom is -0.317 e. The Balaban J connectivity index is 2.34. The molecule has 0 heterocycles. The third-order valence-corrected chi connectivity index (χ3v) is 3.28. The fourth-order valence-corrected chi connectivity index (χ4v) is 2.33. The van der Waals surface area contributed by atoms with Gasteiger partial charge >= 0.3 is 0 Å². The molecule has 0 aromatic heterocycles. The van der Waals surface area contributed by atoms with Crippen molar-refractivity contribution in [2.24, 2.45) is 11.8 Å². The van der Waals surface area contributed by atoms with E-state index >= 15 is 0 Å². The van der Waals surface area contributed by atoms with Gasteiger partial charge in [-0.1, -0.05) is 20.3 Å². The maximum atomic E-state index is 3.38. The van der Waals surface area contributed by atoms with Crippen LogP contribution in [-0.4, -0.2) is 13.1 Å². The summed E-state index contributed by atoms with van der Waals surface area (Å²) in [4.78, 5) is 0. The highest BCUT2D eigenvalue weighted by molar-refractivity contribution is 4.79. The van der Waals surface area contributed by atoms with Crippen molar-refractivity contribution < 1.29 is 0 Å². The zero-order valence-corrected chi connectivity index (χ0v) is 8.06. The monoisotopic (exact) mass is 155 g/mol. The highest BCUT2D eigenvalue weighted by atomic mass is 14.9. The molecule has 1 saturated carbocycles. The van der Waals surface area contributed by atoms with Crippen LogP contribution in [0.5, 0.6) is 0 Å². The highest BCUT2D eigenvalue weighted by Gasteiger charge is 2.24. The van der Waals surface area contributed by atoms with Gasteiger partial charge < -0.3 is 5.32 Å². The van der Waals surface area contributed by atoms with Gasteiger partial charge in [-0.05, 0) is 38.1 Å². The van der Waals surface area contributed by atoms with Gasteiger partial charge in [-0.25, -0.2) is 0 Å². The lowest BCUT2D eigenvalue weighted by Crippen LogP contribution is -2.34. The van der Waals surface area contributed by atoms with Crippen LogP contribution in [0.4, 0.5) is 0 Å². The van der Waals surface area contributed by atoms with Crippen molar-refractivity contribution in [2.75, 3.05) is 7.05 Å². The summed E-state index contributed by atoms with van der Waals surface area (Å²) in [5.41, 5.74) is 0. The van der Waals surface area contributed by atoms with Crippen molar-refractivity contribution in [1.82, 2.24) is 5.32 Å². The van der Waals surface area contributed by atoms with Crippen molar-refractivity contribution >= 4 is 0 Å². The van der Waals surface area contributed by atoms with Gasteiger partial charge in [0.2, 0.25) is 0 Å². The summed E-state index contributed by atoms with van der Waals surface area (Å²) >= 11 is 0. The summed E-state index contributed by atoms with van der Waals surface area (Å²) in [5, 5.41) is 3.38. The Morgan fingerprint density at radius 3 is 2.55 bits per heavy atom. The molecule has 0 saturated heterocycles. The Labute approximate surface area is 70.6 Å². The predicted molar refractivity (Wildman–Crippen MR) is 49.6 cm³/mol. The third-order valence-electron chi connectivity index (χ3n) is 3.28. The molecule has 0 amide bonds. The van der Waals surface area contributed by atoms with E-state index in [0.717, 1.165) is 17.9 Å². The topological polar surface area (TPSA) is 12.0 Å². The Morgan fingerprint density at radius 1 is 1.36 bits per heavy atom. The van der Waals surface area contributed by atoms with E-state index < -0.39 is 0 Å². The van der Waals surface area contributed by atoms with E-state index in [1.54, 1.807) is 0 Å². The van der Waals surface area contributed by atoms with E-state index in [4.69, 9.17) is 0 Å². The first-order valence-electron chi connectivity index (χ1n) is 4.95. The lowest BCUT2D eigenvalue weighted by Gasteiger charge is -2.33. The van der Waals surface area contributed by atoms with E-state index in [2.05, 4.69) is 26.2 Å². The van der Waals surface area contributed by atoms with Crippen LogP contribution in [0.15, 0.2) is 0 Å². The van der Waals surface area contributed by atoms with E-state index in [1.807, 2.05) is 0 Å². The first kappa shape index (κ1) is 9.05. The van der Waals surface area contributed by atoms with Gasteiger partial charge in [0.15, 0.2) is 0 Å². The molecule has 66 valence electrons. The van der Waals surface area contributed by atoms with Crippen LogP contribution in [0, 0.1) is 11.8 Å². The Kier molecular flexibility index (Phi) is 3.38. The van der Waals surface area contributed by atoms with Gasteiger partial charge in [0.05, 0.1) is 0 Å². The first-order chi connectivity index (χ1) is 5.27. The van der Waals surface area contributed by atoms with E-state index in [1.165, 1.54) is 25.7 Å². The molecule has 1 nitrogen and oxygen atoms in total. The van der Waals surface area contributed by atoms with Gasteiger partial charge in [0.25, 0.3) is 0 Å². The Bertz CT molecular complexity index is 111. The molecule has 3 atom stereocenters. The number of rotatable bonds is 2. The standard InChI is InChI=1S/C10H21N/c1-4-9-5-6-10(11-3)7-8(9)2/h8-11H,4-7H2,1-3H3. The van der Waals surface area contributed by atoms with Crippen molar-refractivity contribution in [2.45, 2.75) is 45.6 Å². The van der Waals surface area contributed by atoms with Crippen LogP contribution in [-0.2, 0) is 0 Å². The van der Waals surface area contributed by atoms with Crippen molar-refractivity contribution in [3.8, 4) is 0 Å². The molecular formula is C10H21N. The summed E-state index contributed by atoms with van der Waals surface area (Å²) in [6.07, 6.45) is 5.58. The minimum atomic E-state index is 0.799. The molecule has 0 radical (unpaired) electrons. The Hall–Kier alpha value is -0.0400. The van der Waals surface area contributed by atoms with Gasteiger partial charge in [0.1, 0.15) is 0 Å². The first-order valence-corrected chi connectivity index (χ1v) is 4.95. The highest BCUT2D eigenvalue weighted by Crippen LogP contribution is 2.31. The second-order valence-corrected chi connectivity index (χ2v) is 3.94. The van der Waals surface area contributed by atoms with Crippen LogP contribution in [0.25, 0.3) is 0 Å². The number of hydrogen-bond donors (Lipinski definition) is 1. The maximum Gasteiger partial charge on any atom is 0.00668 e. The third kappa shape index (κ3) is 2.19. The fourth-order valence-electron chi connectivity index (χ4n) is 2.33. The zero-order valence-electron chi connectivity index (χ0n) is 8.06. The molecule has 1 aliphatic carbocycles.